The third-order valence-electron chi connectivity index (χ3n) is 3.91. The lowest BCUT2D eigenvalue weighted by atomic mass is 10.3. The average Bonchev–Trinajstić information content (AvgIpc) is 2.81. The molecule has 21 heavy (non-hydrogen) atoms. The second-order valence-electron chi connectivity index (χ2n) is 5.27. The molecule has 0 atom stereocenters. The molecule has 0 aromatic carbocycles. The summed E-state index contributed by atoms with van der Waals surface area (Å²) in [5.41, 5.74) is 2.82. The molecule has 6 nitrogen and oxygen atoms in total. The van der Waals surface area contributed by atoms with E-state index >= 15 is 0 Å². The largest absolute Gasteiger partial charge is 0.480 e. The third-order valence-corrected chi connectivity index (χ3v) is 3.91. The standard InChI is InChI=1S/C15H20N4O2/c1-11-12(2)19-7-3-4-13(15(19)17-11)21-10-14(20)18-8-5-16-6-9-18/h3-4,7,16H,5-6,8-10H2,1-2H3. The molecule has 0 bridgehead atoms. The molecule has 1 amide bonds. The van der Waals surface area contributed by atoms with Gasteiger partial charge in [-0.2, -0.15) is 0 Å². The minimum atomic E-state index is 0.0264. The van der Waals surface area contributed by atoms with Crippen molar-refractivity contribution in [1.29, 1.82) is 0 Å². The Morgan fingerprint density at radius 1 is 1.38 bits per heavy atom. The Labute approximate surface area is 123 Å². The summed E-state index contributed by atoms with van der Waals surface area (Å²) in [4.78, 5) is 18.5. The summed E-state index contributed by atoms with van der Waals surface area (Å²) < 4.78 is 7.69. The van der Waals surface area contributed by atoms with Crippen LogP contribution in [0.25, 0.3) is 5.65 Å². The molecule has 1 fully saturated rings. The number of nitrogens with zero attached hydrogens (tertiary/aromatic N) is 3. The van der Waals surface area contributed by atoms with E-state index in [-0.39, 0.29) is 12.5 Å². The number of ether oxygens (including phenoxy) is 1. The lowest BCUT2D eigenvalue weighted by Gasteiger charge is -2.27. The number of rotatable bonds is 3. The Hall–Kier alpha value is -2.08. The number of piperazine rings is 1. The van der Waals surface area contributed by atoms with E-state index in [1.54, 1.807) is 0 Å². The van der Waals surface area contributed by atoms with Crippen molar-refractivity contribution in [3.8, 4) is 5.75 Å². The molecule has 1 N–H and O–H groups in total. The summed E-state index contributed by atoms with van der Waals surface area (Å²) in [7, 11) is 0. The van der Waals surface area contributed by atoms with Crippen LogP contribution >= 0.6 is 0 Å². The normalized spacial score (nSPS) is 15.4. The predicted molar refractivity (Wildman–Crippen MR) is 79.6 cm³/mol. The summed E-state index contributed by atoms with van der Waals surface area (Å²) >= 11 is 0. The summed E-state index contributed by atoms with van der Waals surface area (Å²) in [6.07, 6.45) is 1.95. The molecule has 1 aliphatic heterocycles. The van der Waals surface area contributed by atoms with Gasteiger partial charge in [-0.1, -0.05) is 0 Å². The second-order valence-corrected chi connectivity index (χ2v) is 5.27. The minimum absolute atomic E-state index is 0.0264. The van der Waals surface area contributed by atoms with E-state index in [0.29, 0.717) is 5.75 Å². The molecule has 0 aliphatic carbocycles. The van der Waals surface area contributed by atoms with Crippen LogP contribution in [0.5, 0.6) is 5.75 Å². The first-order valence-electron chi connectivity index (χ1n) is 7.22. The molecule has 112 valence electrons. The highest BCUT2D eigenvalue weighted by Crippen LogP contribution is 2.21. The zero-order valence-electron chi connectivity index (χ0n) is 12.4. The van der Waals surface area contributed by atoms with Crippen molar-refractivity contribution in [2.45, 2.75) is 13.8 Å². The van der Waals surface area contributed by atoms with Crippen LogP contribution in [0.3, 0.4) is 0 Å². The number of pyridine rings is 1. The van der Waals surface area contributed by atoms with E-state index < -0.39 is 0 Å². The third kappa shape index (κ3) is 2.71. The number of carbonyl (C=O) groups is 1. The fourth-order valence-corrected chi connectivity index (χ4v) is 2.53. The Bertz CT molecular complexity index is 659. The van der Waals surface area contributed by atoms with Gasteiger partial charge in [-0.05, 0) is 26.0 Å². The van der Waals surface area contributed by atoms with Crippen molar-refractivity contribution < 1.29 is 9.53 Å². The van der Waals surface area contributed by atoms with Crippen LogP contribution in [0.4, 0.5) is 0 Å². The lowest BCUT2D eigenvalue weighted by molar-refractivity contribution is -0.133. The van der Waals surface area contributed by atoms with Gasteiger partial charge in [0.15, 0.2) is 18.0 Å². The second kappa shape index (κ2) is 5.73. The van der Waals surface area contributed by atoms with E-state index in [2.05, 4.69) is 10.3 Å². The first kappa shape index (κ1) is 13.9. The molecular weight excluding hydrogens is 268 g/mol. The topological polar surface area (TPSA) is 58.9 Å². The zero-order chi connectivity index (χ0) is 14.8. The van der Waals surface area contributed by atoms with Gasteiger partial charge in [-0.3, -0.25) is 4.79 Å². The number of hydrogen-bond donors (Lipinski definition) is 1. The number of hydrogen-bond acceptors (Lipinski definition) is 4. The molecule has 0 spiro atoms. The molecule has 0 radical (unpaired) electrons. The average molecular weight is 288 g/mol. The number of nitrogens with one attached hydrogen (secondary N) is 1. The van der Waals surface area contributed by atoms with Crippen LogP contribution < -0.4 is 10.1 Å². The maximum Gasteiger partial charge on any atom is 0.260 e. The first-order chi connectivity index (χ1) is 10.2. The van der Waals surface area contributed by atoms with Gasteiger partial charge in [0.1, 0.15) is 0 Å². The Morgan fingerprint density at radius 3 is 2.90 bits per heavy atom. The van der Waals surface area contributed by atoms with Crippen LogP contribution in [-0.2, 0) is 4.79 Å². The molecule has 6 heteroatoms. The number of carbonyl (C=O) groups excluding carboxylic acids is 1. The molecular formula is C15H20N4O2. The van der Waals surface area contributed by atoms with Crippen molar-refractivity contribution in [3.05, 3.63) is 29.7 Å². The van der Waals surface area contributed by atoms with Crippen LogP contribution in [0, 0.1) is 13.8 Å². The Kier molecular flexibility index (Phi) is 3.79. The van der Waals surface area contributed by atoms with Gasteiger partial charge in [0.05, 0.1) is 5.69 Å². The van der Waals surface area contributed by atoms with Crippen LogP contribution in [0.1, 0.15) is 11.4 Å². The molecule has 1 aliphatic rings. The van der Waals surface area contributed by atoms with Crippen molar-refractivity contribution >= 4 is 11.6 Å². The number of fused-ring (bicyclic) bond motifs is 1. The zero-order valence-corrected chi connectivity index (χ0v) is 12.4. The van der Waals surface area contributed by atoms with Crippen LogP contribution in [0.2, 0.25) is 0 Å². The molecule has 1 saturated heterocycles. The summed E-state index contributed by atoms with van der Waals surface area (Å²) in [6.45, 7) is 7.23. The highest BCUT2D eigenvalue weighted by atomic mass is 16.5. The Balaban J connectivity index is 1.73. The maximum atomic E-state index is 12.1. The molecule has 2 aromatic rings. The van der Waals surface area contributed by atoms with Crippen LogP contribution in [0.15, 0.2) is 18.3 Å². The lowest BCUT2D eigenvalue weighted by Crippen LogP contribution is -2.47. The van der Waals surface area contributed by atoms with E-state index in [9.17, 15) is 4.79 Å². The van der Waals surface area contributed by atoms with Gasteiger partial charge in [-0.15, -0.1) is 0 Å². The van der Waals surface area contributed by atoms with Gasteiger partial charge in [0.25, 0.3) is 5.91 Å². The summed E-state index contributed by atoms with van der Waals surface area (Å²) in [6, 6.07) is 3.76. The van der Waals surface area contributed by atoms with Crippen molar-refractivity contribution in [3.63, 3.8) is 0 Å². The molecule has 3 heterocycles. The van der Waals surface area contributed by atoms with Crippen LogP contribution in [-0.4, -0.2) is 53.0 Å². The van der Waals surface area contributed by atoms with Gasteiger partial charge in [-0.25, -0.2) is 4.98 Å². The van der Waals surface area contributed by atoms with Crippen molar-refractivity contribution in [1.82, 2.24) is 19.6 Å². The molecule has 2 aromatic heterocycles. The van der Waals surface area contributed by atoms with Gasteiger partial charge >= 0.3 is 0 Å². The monoisotopic (exact) mass is 288 g/mol. The maximum absolute atomic E-state index is 12.1. The minimum Gasteiger partial charge on any atom is -0.480 e. The van der Waals surface area contributed by atoms with E-state index in [1.165, 1.54) is 0 Å². The van der Waals surface area contributed by atoms with Gasteiger partial charge in [0, 0.05) is 38.1 Å². The highest BCUT2D eigenvalue weighted by molar-refractivity contribution is 5.78. The fourth-order valence-electron chi connectivity index (χ4n) is 2.53. The molecule has 3 rings (SSSR count). The summed E-state index contributed by atoms with van der Waals surface area (Å²) in [5, 5.41) is 3.23. The van der Waals surface area contributed by atoms with Gasteiger partial charge in [0.2, 0.25) is 0 Å². The predicted octanol–water partition coefficient (Wildman–Crippen LogP) is 0.762. The van der Waals surface area contributed by atoms with Gasteiger partial charge < -0.3 is 19.4 Å². The number of aromatic nitrogens is 2. The van der Waals surface area contributed by atoms with Crippen molar-refractivity contribution in [2.75, 3.05) is 32.8 Å². The number of imidazole rings is 1. The smallest absolute Gasteiger partial charge is 0.260 e. The quantitative estimate of drug-likeness (QED) is 0.906. The Morgan fingerprint density at radius 2 is 2.14 bits per heavy atom. The number of aryl methyl sites for hydroxylation is 2. The fraction of sp³-hybridized carbons (Fsp3) is 0.467. The molecule has 0 unspecified atom stereocenters. The van der Waals surface area contributed by atoms with E-state index in [1.807, 2.05) is 41.5 Å². The van der Waals surface area contributed by atoms with E-state index in [4.69, 9.17) is 4.74 Å². The first-order valence-corrected chi connectivity index (χ1v) is 7.22. The highest BCUT2D eigenvalue weighted by Gasteiger charge is 2.17. The summed E-state index contributed by atoms with van der Waals surface area (Å²) in [5.74, 6) is 0.677. The number of amides is 1. The van der Waals surface area contributed by atoms with Crippen molar-refractivity contribution in [2.24, 2.45) is 0 Å². The molecule has 0 saturated carbocycles. The van der Waals surface area contributed by atoms with E-state index in [0.717, 1.165) is 43.2 Å². The SMILES string of the molecule is Cc1nc2c(OCC(=O)N3CCNCC3)cccn2c1C.